The maximum Gasteiger partial charge on any atom is 0.236 e. The van der Waals surface area contributed by atoms with Gasteiger partial charge in [-0.2, -0.15) is 5.26 Å². The summed E-state index contributed by atoms with van der Waals surface area (Å²) in [5.74, 6) is -0.385. The summed E-state index contributed by atoms with van der Waals surface area (Å²) >= 11 is 0. The van der Waals surface area contributed by atoms with Gasteiger partial charge in [0.25, 0.3) is 0 Å². The third kappa shape index (κ3) is 4.56. The van der Waals surface area contributed by atoms with E-state index in [1.165, 1.54) is 0 Å². The van der Waals surface area contributed by atoms with Crippen molar-refractivity contribution in [1.29, 1.82) is 5.26 Å². The fraction of sp³-hybridized carbons (Fsp3) is 0.467. The number of nitrogens with zero attached hydrogens (tertiary/aromatic N) is 2. The molecule has 1 aromatic carbocycles. The smallest absolute Gasteiger partial charge is 0.236 e. The minimum absolute atomic E-state index is 0.139. The maximum absolute atomic E-state index is 11.2. The average Bonchev–Trinajstić information content (AvgIpc) is 2.43. The van der Waals surface area contributed by atoms with Crippen LogP contribution in [0.2, 0.25) is 0 Å². The minimum Gasteiger partial charge on any atom is -0.368 e. The number of primary amides is 1. The Morgan fingerprint density at radius 3 is 2.80 bits per heavy atom. The normalized spacial score (nSPS) is 10.1. The number of nitrogens with one attached hydrogen (secondary N) is 1. The molecule has 0 saturated carbocycles. The summed E-state index contributed by atoms with van der Waals surface area (Å²) in [5.41, 5.74) is 7.70. The van der Waals surface area contributed by atoms with Crippen molar-refractivity contribution in [2.75, 3.05) is 25.0 Å². The molecule has 0 aliphatic heterocycles. The van der Waals surface area contributed by atoms with E-state index in [1.54, 1.807) is 0 Å². The third-order valence-electron chi connectivity index (χ3n) is 3.03. The molecule has 0 aliphatic carbocycles. The van der Waals surface area contributed by atoms with Crippen molar-refractivity contribution in [3.8, 4) is 6.07 Å². The summed E-state index contributed by atoms with van der Waals surface area (Å²) in [7, 11) is 1.86. The highest BCUT2D eigenvalue weighted by atomic mass is 16.1. The van der Waals surface area contributed by atoms with Gasteiger partial charge in [0.05, 0.1) is 17.8 Å². The molecule has 3 N–H and O–H groups in total. The molecule has 5 nitrogen and oxygen atoms in total. The standard InChI is InChI=1S/C15H22N4O/c1-3-4-7-19(11-15(17)20)14-6-5-12(10-18-2)8-13(14)9-16/h5-6,8,18H,3-4,7,10-11H2,1-2H3,(H2,17,20). The number of unbranched alkanes of at least 4 members (excludes halogenated alkanes) is 1. The molecule has 0 bridgehead atoms. The van der Waals surface area contributed by atoms with Gasteiger partial charge in [-0.15, -0.1) is 0 Å². The van der Waals surface area contributed by atoms with E-state index in [9.17, 15) is 10.1 Å². The van der Waals surface area contributed by atoms with Crippen molar-refractivity contribution in [2.45, 2.75) is 26.3 Å². The molecule has 1 aromatic rings. The summed E-state index contributed by atoms with van der Waals surface area (Å²) in [4.78, 5) is 13.1. The summed E-state index contributed by atoms with van der Waals surface area (Å²) in [6.45, 7) is 3.66. The number of amides is 1. The van der Waals surface area contributed by atoms with Crippen LogP contribution in [0, 0.1) is 11.3 Å². The number of nitrogens with two attached hydrogens (primary N) is 1. The average molecular weight is 274 g/mol. The van der Waals surface area contributed by atoms with Gasteiger partial charge in [0.1, 0.15) is 6.07 Å². The largest absolute Gasteiger partial charge is 0.368 e. The Kier molecular flexibility index (Phi) is 6.54. The highest BCUT2D eigenvalue weighted by Crippen LogP contribution is 2.22. The number of carbonyl (C=O) groups is 1. The summed E-state index contributed by atoms with van der Waals surface area (Å²) in [6, 6.07) is 7.91. The molecule has 1 amide bonds. The first-order valence-electron chi connectivity index (χ1n) is 6.83. The van der Waals surface area contributed by atoms with Crippen molar-refractivity contribution in [1.82, 2.24) is 5.32 Å². The van der Waals surface area contributed by atoms with Gasteiger partial charge in [0, 0.05) is 13.1 Å². The number of anilines is 1. The first-order chi connectivity index (χ1) is 9.62. The molecule has 108 valence electrons. The Labute approximate surface area is 120 Å². The summed E-state index contributed by atoms with van der Waals surface area (Å²) < 4.78 is 0. The van der Waals surface area contributed by atoms with E-state index in [4.69, 9.17) is 5.73 Å². The molecule has 5 heteroatoms. The predicted molar refractivity (Wildman–Crippen MR) is 80.2 cm³/mol. The molecule has 0 radical (unpaired) electrons. The number of nitriles is 1. The third-order valence-corrected chi connectivity index (χ3v) is 3.03. The lowest BCUT2D eigenvalue weighted by molar-refractivity contribution is -0.116. The highest BCUT2D eigenvalue weighted by Gasteiger charge is 2.13. The second kappa shape index (κ2) is 8.18. The van der Waals surface area contributed by atoms with Gasteiger partial charge in [0.15, 0.2) is 0 Å². The van der Waals surface area contributed by atoms with Gasteiger partial charge in [-0.05, 0) is 31.2 Å². The molecule has 1 rings (SSSR count). The van der Waals surface area contributed by atoms with Crippen LogP contribution in [0.3, 0.4) is 0 Å². The molecule has 0 aliphatic rings. The van der Waals surface area contributed by atoms with Crippen molar-refractivity contribution < 1.29 is 4.79 Å². The number of hydrogen-bond donors (Lipinski definition) is 2. The lowest BCUT2D eigenvalue weighted by Gasteiger charge is -2.24. The van der Waals surface area contributed by atoms with E-state index in [2.05, 4.69) is 18.3 Å². The number of carbonyl (C=O) groups excluding carboxylic acids is 1. The number of benzene rings is 1. The zero-order valence-electron chi connectivity index (χ0n) is 12.1. The van der Waals surface area contributed by atoms with E-state index < -0.39 is 0 Å². The van der Waals surface area contributed by atoms with Crippen molar-refractivity contribution in [2.24, 2.45) is 5.73 Å². The predicted octanol–water partition coefficient (Wildman–Crippen LogP) is 1.37. The minimum atomic E-state index is -0.385. The SMILES string of the molecule is CCCCN(CC(N)=O)c1ccc(CNC)cc1C#N. The van der Waals surface area contributed by atoms with Gasteiger partial charge in [0.2, 0.25) is 5.91 Å². The second-order valence-corrected chi connectivity index (χ2v) is 4.74. The zero-order chi connectivity index (χ0) is 15.0. The highest BCUT2D eigenvalue weighted by molar-refractivity contribution is 5.80. The molecular formula is C15H22N4O. The van der Waals surface area contributed by atoms with Gasteiger partial charge in [-0.25, -0.2) is 0 Å². The Balaban J connectivity index is 3.05. The first kappa shape index (κ1) is 16.0. The molecular weight excluding hydrogens is 252 g/mol. The number of rotatable bonds is 8. The van der Waals surface area contributed by atoms with Gasteiger partial charge in [-0.3, -0.25) is 4.79 Å². The lowest BCUT2D eigenvalue weighted by Crippen LogP contribution is -2.35. The summed E-state index contributed by atoms with van der Waals surface area (Å²) in [5, 5.41) is 12.4. The van der Waals surface area contributed by atoms with Gasteiger partial charge in [-0.1, -0.05) is 19.4 Å². The molecule has 0 spiro atoms. The van der Waals surface area contributed by atoms with Gasteiger partial charge < -0.3 is 16.0 Å². The van der Waals surface area contributed by atoms with Crippen LogP contribution in [0.15, 0.2) is 18.2 Å². The number of hydrogen-bond acceptors (Lipinski definition) is 4. The molecule has 0 heterocycles. The Morgan fingerprint density at radius 2 is 2.25 bits per heavy atom. The van der Waals surface area contributed by atoms with E-state index in [0.717, 1.165) is 30.6 Å². The van der Waals surface area contributed by atoms with E-state index >= 15 is 0 Å². The Bertz CT molecular complexity index is 493. The van der Waals surface area contributed by atoms with Crippen molar-refractivity contribution in [3.05, 3.63) is 29.3 Å². The van der Waals surface area contributed by atoms with E-state index in [0.29, 0.717) is 12.1 Å². The zero-order valence-corrected chi connectivity index (χ0v) is 12.1. The van der Waals surface area contributed by atoms with E-state index in [-0.39, 0.29) is 12.5 Å². The fourth-order valence-corrected chi connectivity index (χ4v) is 2.08. The van der Waals surface area contributed by atoms with Crippen LogP contribution < -0.4 is 16.0 Å². The quantitative estimate of drug-likeness (QED) is 0.750. The van der Waals surface area contributed by atoms with Crippen LogP contribution in [0.1, 0.15) is 30.9 Å². The molecule has 0 saturated heterocycles. The van der Waals surface area contributed by atoms with Crippen LogP contribution in [0.4, 0.5) is 5.69 Å². The molecule has 0 fully saturated rings. The topological polar surface area (TPSA) is 82.2 Å². The maximum atomic E-state index is 11.2. The Morgan fingerprint density at radius 1 is 1.50 bits per heavy atom. The lowest BCUT2D eigenvalue weighted by atomic mass is 10.1. The molecule has 0 unspecified atom stereocenters. The van der Waals surface area contributed by atoms with Crippen LogP contribution in [0.25, 0.3) is 0 Å². The molecule has 0 aromatic heterocycles. The van der Waals surface area contributed by atoms with Gasteiger partial charge >= 0.3 is 0 Å². The van der Waals surface area contributed by atoms with Crippen molar-refractivity contribution >= 4 is 11.6 Å². The summed E-state index contributed by atoms with van der Waals surface area (Å²) in [6.07, 6.45) is 1.98. The Hall–Kier alpha value is -2.06. The molecule has 20 heavy (non-hydrogen) atoms. The second-order valence-electron chi connectivity index (χ2n) is 4.74. The van der Waals surface area contributed by atoms with Crippen LogP contribution >= 0.6 is 0 Å². The van der Waals surface area contributed by atoms with Crippen molar-refractivity contribution in [3.63, 3.8) is 0 Å². The monoisotopic (exact) mass is 274 g/mol. The molecule has 0 atom stereocenters. The van der Waals surface area contributed by atoms with Crippen LogP contribution in [0.5, 0.6) is 0 Å². The first-order valence-corrected chi connectivity index (χ1v) is 6.83. The fourth-order valence-electron chi connectivity index (χ4n) is 2.08. The van der Waals surface area contributed by atoms with E-state index in [1.807, 2.05) is 30.1 Å². The van der Waals surface area contributed by atoms with Crippen LogP contribution in [-0.2, 0) is 11.3 Å². The van der Waals surface area contributed by atoms with Crippen LogP contribution in [-0.4, -0.2) is 26.0 Å².